The van der Waals surface area contributed by atoms with Crippen LogP contribution in [-0.4, -0.2) is 59.1 Å². The molecule has 0 spiro atoms. The Bertz CT molecular complexity index is 563. The molecule has 1 aliphatic heterocycles. The molecule has 0 aliphatic carbocycles. The van der Waals surface area contributed by atoms with Crippen LogP contribution in [-0.2, 0) is 15.9 Å². The van der Waals surface area contributed by atoms with Crippen LogP contribution < -0.4 is 15.4 Å². The van der Waals surface area contributed by atoms with Crippen LogP contribution in [0.4, 0.5) is 0 Å². The van der Waals surface area contributed by atoms with Crippen LogP contribution in [0.15, 0.2) is 23.2 Å². The monoisotopic (exact) mass is 491 g/mol. The van der Waals surface area contributed by atoms with Crippen molar-refractivity contribution in [1.29, 1.82) is 0 Å². The van der Waals surface area contributed by atoms with Gasteiger partial charge in [0.05, 0.1) is 19.8 Å². The topological polar surface area (TPSA) is 64.1 Å². The Morgan fingerprint density at radius 3 is 2.81 bits per heavy atom. The van der Waals surface area contributed by atoms with Crippen molar-refractivity contribution in [2.75, 3.05) is 47.1 Å². The van der Waals surface area contributed by atoms with E-state index in [4.69, 9.17) is 14.2 Å². The maximum atomic E-state index is 5.67. The van der Waals surface area contributed by atoms with E-state index in [9.17, 15) is 0 Å². The first-order chi connectivity index (χ1) is 12.7. The summed E-state index contributed by atoms with van der Waals surface area (Å²) in [5, 5.41) is 6.66. The second kappa shape index (κ2) is 14.0. The van der Waals surface area contributed by atoms with Crippen molar-refractivity contribution in [3.8, 4) is 5.75 Å². The van der Waals surface area contributed by atoms with E-state index in [1.807, 2.05) is 0 Å². The molecule has 1 fully saturated rings. The normalized spacial score (nSPS) is 16.7. The summed E-state index contributed by atoms with van der Waals surface area (Å²) in [4.78, 5) is 4.26. The van der Waals surface area contributed by atoms with Gasteiger partial charge in [-0.25, -0.2) is 0 Å². The number of hydrogen-bond donors (Lipinski definition) is 2. The molecule has 0 radical (unpaired) electrons. The number of aliphatic imine (C=N–C) groups is 1. The van der Waals surface area contributed by atoms with Gasteiger partial charge in [-0.3, -0.25) is 4.99 Å². The maximum Gasteiger partial charge on any atom is 0.190 e. The molecule has 1 aromatic rings. The summed E-state index contributed by atoms with van der Waals surface area (Å²) < 4.78 is 16.6. The van der Waals surface area contributed by atoms with Crippen LogP contribution >= 0.6 is 24.0 Å². The van der Waals surface area contributed by atoms with Crippen LogP contribution in [0, 0.1) is 6.92 Å². The van der Waals surface area contributed by atoms with Crippen LogP contribution in [0.1, 0.15) is 30.4 Å². The summed E-state index contributed by atoms with van der Waals surface area (Å²) in [5.41, 5.74) is 2.40. The van der Waals surface area contributed by atoms with Crippen molar-refractivity contribution in [1.82, 2.24) is 10.6 Å². The number of guanidine groups is 1. The lowest BCUT2D eigenvalue weighted by Gasteiger charge is -2.13. The van der Waals surface area contributed by atoms with Gasteiger partial charge in [0, 0.05) is 33.4 Å². The summed E-state index contributed by atoms with van der Waals surface area (Å²) in [6, 6.07) is 6.33. The highest BCUT2D eigenvalue weighted by Gasteiger charge is 2.14. The minimum atomic E-state index is 0. The van der Waals surface area contributed by atoms with E-state index in [0.29, 0.717) is 12.7 Å². The van der Waals surface area contributed by atoms with Crippen LogP contribution in [0.3, 0.4) is 0 Å². The molecular formula is C20H34IN3O3. The predicted octanol–water partition coefficient (Wildman–Crippen LogP) is 2.91. The van der Waals surface area contributed by atoms with Crippen molar-refractivity contribution in [3.05, 3.63) is 29.3 Å². The number of hydrogen-bond acceptors (Lipinski definition) is 4. The fourth-order valence-electron chi connectivity index (χ4n) is 2.94. The molecule has 0 saturated carbocycles. The summed E-state index contributed by atoms with van der Waals surface area (Å²) in [7, 11) is 3.50. The lowest BCUT2D eigenvalue weighted by Crippen LogP contribution is -2.39. The Morgan fingerprint density at radius 2 is 2.11 bits per heavy atom. The summed E-state index contributed by atoms with van der Waals surface area (Å²) >= 11 is 0. The average molecular weight is 491 g/mol. The van der Waals surface area contributed by atoms with Gasteiger partial charge in [-0.05, 0) is 49.8 Å². The molecule has 2 rings (SSSR count). The van der Waals surface area contributed by atoms with Gasteiger partial charge in [0.2, 0.25) is 0 Å². The Hall–Kier alpha value is -1.06. The van der Waals surface area contributed by atoms with Gasteiger partial charge in [0.1, 0.15) is 5.75 Å². The van der Waals surface area contributed by atoms with E-state index >= 15 is 0 Å². The fraction of sp³-hybridized carbons (Fsp3) is 0.650. The quantitative estimate of drug-likeness (QED) is 0.228. The third-order valence-electron chi connectivity index (χ3n) is 4.49. The van der Waals surface area contributed by atoms with Crippen molar-refractivity contribution >= 4 is 29.9 Å². The minimum absolute atomic E-state index is 0. The second-order valence-corrected chi connectivity index (χ2v) is 6.54. The number of nitrogens with one attached hydrogen (secondary N) is 2. The smallest absolute Gasteiger partial charge is 0.190 e. The van der Waals surface area contributed by atoms with E-state index < -0.39 is 0 Å². The first kappa shape index (κ1) is 24.0. The molecule has 6 nitrogen and oxygen atoms in total. The van der Waals surface area contributed by atoms with E-state index in [1.165, 1.54) is 5.56 Å². The second-order valence-electron chi connectivity index (χ2n) is 6.54. The van der Waals surface area contributed by atoms with Crippen molar-refractivity contribution in [2.24, 2.45) is 4.99 Å². The molecule has 1 saturated heterocycles. The van der Waals surface area contributed by atoms with Gasteiger partial charge in [0.25, 0.3) is 0 Å². The van der Waals surface area contributed by atoms with Crippen molar-refractivity contribution in [3.63, 3.8) is 0 Å². The molecular weight excluding hydrogens is 457 g/mol. The number of nitrogens with zero attached hydrogens (tertiary/aromatic N) is 1. The zero-order valence-corrected chi connectivity index (χ0v) is 19.1. The minimum Gasteiger partial charge on any atom is -0.496 e. The first-order valence-corrected chi connectivity index (χ1v) is 9.50. The number of rotatable bonds is 10. The number of benzene rings is 1. The van der Waals surface area contributed by atoms with Gasteiger partial charge in [-0.15, -0.1) is 24.0 Å². The molecule has 1 unspecified atom stereocenters. The molecule has 1 atom stereocenters. The molecule has 2 N–H and O–H groups in total. The third-order valence-corrected chi connectivity index (χ3v) is 4.49. The van der Waals surface area contributed by atoms with Gasteiger partial charge in [0.15, 0.2) is 5.96 Å². The summed E-state index contributed by atoms with van der Waals surface area (Å²) in [6.07, 6.45) is 4.46. The Kier molecular flexibility index (Phi) is 12.4. The van der Waals surface area contributed by atoms with Gasteiger partial charge < -0.3 is 24.8 Å². The fourth-order valence-corrected chi connectivity index (χ4v) is 2.94. The standard InChI is InChI=1S/C20H33N3O3.HI/c1-16-7-8-17(14-19(16)24-3)9-11-23-20(21-2)22-10-5-12-25-15-18-6-4-13-26-18;/h7-8,14,18H,4-6,9-13,15H2,1-3H3,(H2,21,22,23);1H. The highest BCUT2D eigenvalue weighted by molar-refractivity contribution is 14.0. The lowest BCUT2D eigenvalue weighted by molar-refractivity contribution is 0.0168. The Labute approximate surface area is 180 Å². The van der Waals surface area contributed by atoms with Crippen LogP contribution in [0.5, 0.6) is 5.75 Å². The lowest BCUT2D eigenvalue weighted by atomic mass is 10.1. The Balaban J connectivity index is 0.00000364. The van der Waals surface area contributed by atoms with Crippen molar-refractivity contribution in [2.45, 2.75) is 38.7 Å². The molecule has 7 heteroatoms. The first-order valence-electron chi connectivity index (χ1n) is 9.50. The highest BCUT2D eigenvalue weighted by atomic mass is 127. The number of ether oxygens (including phenoxy) is 3. The van der Waals surface area contributed by atoms with Gasteiger partial charge in [-0.1, -0.05) is 12.1 Å². The molecule has 0 amide bonds. The van der Waals surface area contributed by atoms with E-state index in [0.717, 1.165) is 69.3 Å². The largest absolute Gasteiger partial charge is 0.496 e. The van der Waals surface area contributed by atoms with E-state index in [2.05, 4.69) is 40.7 Å². The average Bonchev–Trinajstić information content (AvgIpc) is 3.17. The van der Waals surface area contributed by atoms with E-state index in [1.54, 1.807) is 14.2 Å². The zero-order valence-electron chi connectivity index (χ0n) is 16.8. The molecule has 27 heavy (non-hydrogen) atoms. The van der Waals surface area contributed by atoms with Crippen molar-refractivity contribution < 1.29 is 14.2 Å². The molecule has 154 valence electrons. The number of halogens is 1. The molecule has 0 bridgehead atoms. The number of aryl methyl sites for hydroxylation is 1. The van der Waals surface area contributed by atoms with E-state index in [-0.39, 0.29) is 24.0 Å². The summed E-state index contributed by atoms with van der Waals surface area (Å²) in [6.45, 7) is 6.05. The van der Waals surface area contributed by atoms with Crippen LogP contribution in [0.2, 0.25) is 0 Å². The molecule has 1 aromatic carbocycles. The predicted molar refractivity (Wildman–Crippen MR) is 121 cm³/mol. The Morgan fingerprint density at radius 1 is 1.30 bits per heavy atom. The summed E-state index contributed by atoms with van der Waals surface area (Å²) in [5.74, 6) is 1.76. The highest BCUT2D eigenvalue weighted by Crippen LogP contribution is 2.19. The molecule has 0 aromatic heterocycles. The van der Waals surface area contributed by atoms with Gasteiger partial charge in [-0.2, -0.15) is 0 Å². The van der Waals surface area contributed by atoms with Gasteiger partial charge >= 0.3 is 0 Å². The third kappa shape index (κ3) is 9.12. The molecule has 1 aliphatic rings. The maximum absolute atomic E-state index is 5.67. The molecule has 1 heterocycles. The zero-order chi connectivity index (χ0) is 18.6. The SMILES string of the molecule is CN=C(NCCCOCC1CCCO1)NCCc1ccc(C)c(OC)c1.I. The van der Waals surface area contributed by atoms with Crippen LogP contribution in [0.25, 0.3) is 0 Å². The number of methoxy groups -OCH3 is 1.